The molecular formula is C29H43N3O5. The van der Waals surface area contributed by atoms with Gasteiger partial charge < -0.3 is 25.4 Å². The van der Waals surface area contributed by atoms with E-state index in [2.05, 4.69) is 17.6 Å². The van der Waals surface area contributed by atoms with Crippen molar-refractivity contribution in [2.45, 2.75) is 95.4 Å². The number of amides is 3. The van der Waals surface area contributed by atoms with Gasteiger partial charge in [0.25, 0.3) is 0 Å². The Bertz CT molecular complexity index is 956. The molecule has 8 heteroatoms. The van der Waals surface area contributed by atoms with Gasteiger partial charge in [0.05, 0.1) is 17.4 Å². The first-order valence-electron chi connectivity index (χ1n) is 14.1. The van der Waals surface area contributed by atoms with Crippen LogP contribution in [0.3, 0.4) is 0 Å². The average molecular weight is 514 g/mol. The topological polar surface area (TPSA) is 108 Å². The number of nitrogens with zero attached hydrogens (tertiary/aromatic N) is 1. The lowest BCUT2D eigenvalue weighted by molar-refractivity contribution is -0.146. The van der Waals surface area contributed by atoms with E-state index in [1.807, 2.05) is 37.3 Å². The van der Waals surface area contributed by atoms with Crippen LogP contribution >= 0.6 is 0 Å². The van der Waals surface area contributed by atoms with Gasteiger partial charge in [-0.1, -0.05) is 62.9 Å². The number of hydrogen-bond donors (Lipinski definition) is 3. The van der Waals surface area contributed by atoms with Crippen molar-refractivity contribution in [2.75, 3.05) is 19.7 Å². The number of fused-ring (bicyclic) bond motifs is 1. The third-order valence-corrected chi connectivity index (χ3v) is 8.50. The number of carbonyl (C=O) groups excluding carboxylic acids is 3. The Morgan fingerprint density at radius 3 is 2.51 bits per heavy atom. The summed E-state index contributed by atoms with van der Waals surface area (Å²) in [6, 6.07) is 8.99. The second-order valence-electron chi connectivity index (χ2n) is 11.1. The number of carbonyl (C=O) groups is 3. The molecule has 3 saturated heterocycles. The lowest BCUT2D eigenvalue weighted by Crippen LogP contribution is -2.55. The normalized spacial score (nSPS) is 30.0. The van der Waals surface area contributed by atoms with Gasteiger partial charge in [-0.15, -0.1) is 0 Å². The number of aliphatic hydroxyl groups is 1. The van der Waals surface area contributed by atoms with E-state index < -0.39 is 29.1 Å². The highest BCUT2D eigenvalue weighted by Gasteiger charge is 2.77. The van der Waals surface area contributed by atoms with E-state index in [1.165, 1.54) is 0 Å². The molecule has 204 valence electrons. The zero-order valence-corrected chi connectivity index (χ0v) is 22.3. The first kappa shape index (κ1) is 27.6. The third-order valence-electron chi connectivity index (χ3n) is 8.50. The maximum absolute atomic E-state index is 14.0. The van der Waals surface area contributed by atoms with Crippen LogP contribution in [0.1, 0.15) is 77.2 Å². The molecule has 2 unspecified atom stereocenters. The Morgan fingerprint density at radius 1 is 1.03 bits per heavy atom. The highest BCUT2D eigenvalue weighted by Crippen LogP contribution is 2.63. The van der Waals surface area contributed by atoms with Crippen LogP contribution in [0.4, 0.5) is 0 Å². The van der Waals surface area contributed by atoms with Crippen LogP contribution in [0.15, 0.2) is 30.3 Å². The van der Waals surface area contributed by atoms with Crippen LogP contribution in [0.2, 0.25) is 0 Å². The van der Waals surface area contributed by atoms with Crippen molar-refractivity contribution in [2.24, 2.45) is 11.8 Å². The molecule has 5 atom stereocenters. The fourth-order valence-corrected chi connectivity index (χ4v) is 6.69. The van der Waals surface area contributed by atoms with E-state index in [0.717, 1.165) is 50.5 Å². The Kier molecular flexibility index (Phi) is 8.90. The summed E-state index contributed by atoms with van der Waals surface area (Å²) >= 11 is 0. The van der Waals surface area contributed by atoms with Crippen LogP contribution in [0.5, 0.6) is 0 Å². The van der Waals surface area contributed by atoms with Crippen LogP contribution in [0, 0.1) is 11.8 Å². The predicted octanol–water partition coefficient (Wildman–Crippen LogP) is 2.93. The zero-order valence-electron chi connectivity index (χ0n) is 22.3. The molecule has 3 aliphatic rings. The minimum Gasteiger partial charge on any atom is -0.396 e. The second-order valence-corrected chi connectivity index (χ2v) is 11.1. The molecule has 1 spiro atoms. The molecule has 3 fully saturated rings. The molecule has 37 heavy (non-hydrogen) atoms. The standard InChI is InChI=1S/C29H43N3O5/c1-3-4-10-17-30-26(35)24-29-16-15-28(2,37-29)22(25(34)31-20-21-13-8-7-9-14-21)23(29)27(36)32(24)18-11-5-6-12-19-33/h7-9,13-14,22-24,33H,3-6,10-12,15-20H2,1-2H3,(H,30,35)(H,31,34)/t22-,23+,24?,28+,29?/m1/s1. The van der Waals surface area contributed by atoms with Gasteiger partial charge in [0.1, 0.15) is 11.6 Å². The molecule has 8 nitrogen and oxygen atoms in total. The van der Waals surface area contributed by atoms with Gasteiger partial charge in [0.15, 0.2) is 0 Å². The first-order chi connectivity index (χ1) is 17.9. The number of hydrogen-bond acceptors (Lipinski definition) is 5. The SMILES string of the molecule is CCCCCNC(=O)C1N(CCCCCCO)C(=O)[C@@H]2[C@H](C(=O)NCc3ccccc3)[C@]3(C)CCC12O3. The maximum Gasteiger partial charge on any atom is 0.245 e. The summed E-state index contributed by atoms with van der Waals surface area (Å²) in [6.45, 7) is 5.61. The minimum atomic E-state index is -0.972. The lowest BCUT2D eigenvalue weighted by atomic mass is 9.66. The largest absolute Gasteiger partial charge is 0.396 e. The molecule has 3 aliphatic heterocycles. The molecule has 2 bridgehead atoms. The van der Waals surface area contributed by atoms with Gasteiger partial charge in [-0.05, 0) is 44.6 Å². The second kappa shape index (κ2) is 11.9. The van der Waals surface area contributed by atoms with Crippen molar-refractivity contribution in [3.8, 4) is 0 Å². The van der Waals surface area contributed by atoms with Gasteiger partial charge >= 0.3 is 0 Å². The molecule has 0 radical (unpaired) electrons. The Labute approximate surface area is 220 Å². The molecule has 0 aliphatic carbocycles. The average Bonchev–Trinajstić information content (AvgIpc) is 3.46. The first-order valence-corrected chi connectivity index (χ1v) is 14.1. The summed E-state index contributed by atoms with van der Waals surface area (Å²) in [6.07, 6.45) is 7.44. The van der Waals surface area contributed by atoms with Crippen LogP contribution in [-0.4, -0.2) is 64.7 Å². The van der Waals surface area contributed by atoms with Crippen molar-refractivity contribution in [3.63, 3.8) is 0 Å². The smallest absolute Gasteiger partial charge is 0.245 e. The van der Waals surface area contributed by atoms with Crippen molar-refractivity contribution < 1.29 is 24.2 Å². The summed E-state index contributed by atoms with van der Waals surface area (Å²) in [5, 5.41) is 15.2. The van der Waals surface area contributed by atoms with Gasteiger partial charge in [-0.25, -0.2) is 0 Å². The van der Waals surface area contributed by atoms with E-state index in [0.29, 0.717) is 32.5 Å². The number of ether oxygens (including phenoxy) is 1. The number of unbranched alkanes of at least 4 members (excludes halogenated alkanes) is 5. The Hall–Kier alpha value is -2.45. The highest BCUT2D eigenvalue weighted by molar-refractivity contribution is 5.99. The Balaban J connectivity index is 1.55. The fraction of sp³-hybridized carbons (Fsp3) is 0.690. The predicted molar refractivity (Wildman–Crippen MR) is 140 cm³/mol. The van der Waals surface area contributed by atoms with Crippen molar-refractivity contribution in [3.05, 3.63) is 35.9 Å². The number of rotatable bonds is 14. The van der Waals surface area contributed by atoms with Crippen molar-refractivity contribution in [1.82, 2.24) is 15.5 Å². The monoisotopic (exact) mass is 513 g/mol. The van der Waals surface area contributed by atoms with Crippen molar-refractivity contribution >= 4 is 17.7 Å². The summed E-state index contributed by atoms with van der Waals surface area (Å²) in [4.78, 5) is 42.8. The zero-order chi connectivity index (χ0) is 26.5. The lowest BCUT2D eigenvalue weighted by Gasteiger charge is -2.33. The van der Waals surface area contributed by atoms with Gasteiger partial charge in [-0.3, -0.25) is 14.4 Å². The van der Waals surface area contributed by atoms with Gasteiger partial charge in [-0.2, -0.15) is 0 Å². The molecule has 0 saturated carbocycles. The van der Waals surface area contributed by atoms with E-state index in [1.54, 1.807) is 4.90 Å². The number of benzene rings is 1. The molecule has 3 amide bonds. The van der Waals surface area contributed by atoms with Gasteiger partial charge in [0, 0.05) is 26.2 Å². The van der Waals surface area contributed by atoms with Crippen molar-refractivity contribution in [1.29, 1.82) is 0 Å². The molecule has 1 aromatic carbocycles. The van der Waals surface area contributed by atoms with Crippen LogP contribution < -0.4 is 10.6 Å². The number of likely N-dealkylation sites (tertiary alicyclic amines) is 1. The van der Waals surface area contributed by atoms with E-state index in [4.69, 9.17) is 9.84 Å². The molecule has 3 heterocycles. The van der Waals surface area contributed by atoms with E-state index in [-0.39, 0.29) is 24.3 Å². The van der Waals surface area contributed by atoms with E-state index >= 15 is 0 Å². The van der Waals surface area contributed by atoms with Gasteiger partial charge in [0.2, 0.25) is 17.7 Å². The summed E-state index contributed by atoms with van der Waals surface area (Å²) in [5.41, 5.74) is -0.748. The molecule has 1 aromatic rings. The van der Waals surface area contributed by atoms with E-state index in [9.17, 15) is 14.4 Å². The number of aliphatic hydroxyl groups excluding tert-OH is 1. The molecular weight excluding hydrogens is 470 g/mol. The maximum atomic E-state index is 14.0. The third kappa shape index (κ3) is 5.41. The molecule has 0 aromatic heterocycles. The minimum absolute atomic E-state index is 0.140. The quantitative estimate of drug-likeness (QED) is 0.332. The summed E-state index contributed by atoms with van der Waals surface area (Å²) in [5.74, 6) is -1.78. The molecule has 3 N–H and O–H groups in total. The summed E-state index contributed by atoms with van der Waals surface area (Å²) < 4.78 is 6.65. The molecule has 4 rings (SSSR count). The highest BCUT2D eigenvalue weighted by atomic mass is 16.5. The summed E-state index contributed by atoms with van der Waals surface area (Å²) in [7, 11) is 0. The van der Waals surface area contributed by atoms with Crippen LogP contribution in [0.25, 0.3) is 0 Å². The fourth-order valence-electron chi connectivity index (χ4n) is 6.69. The number of nitrogens with one attached hydrogen (secondary N) is 2. The van der Waals surface area contributed by atoms with Crippen LogP contribution in [-0.2, 0) is 25.7 Å². The Morgan fingerprint density at radius 2 is 1.78 bits per heavy atom.